The number of ether oxygens (including phenoxy) is 1. The number of aliphatic hydroxyl groups is 1. The molecule has 0 aromatic heterocycles. The molecule has 0 saturated heterocycles. The first-order chi connectivity index (χ1) is 13.5. The molecule has 5 nitrogen and oxygen atoms in total. The molecule has 0 unspecified atom stereocenters. The third kappa shape index (κ3) is 4.30. The molecule has 1 amide bonds. The van der Waals surface area contributed by atoms with Crippen molar-refractivity contribution in [1.82, 2.24) is 5.01 Å². The molecule has 1 aliphatic heterocycles. The Morgan fingerprint density at radius 2 is 1.97 bits per heavy atom. The zero-order valence-corrected chi connectivity index (χ0v) is 17.2. The maximum atomic E-state index is 13.6. The molecule has 2 aromatic carbocycles. The normalized spacial score (nSPS) is 19.3. The van der Waals surface area contributed by atoms with Gasteiger partial charge in [-0.2, -0.15) is 23.3 Å². The van der Waals surface area contributed by atoms with Crippen molar-refractivity contribution in [1.29, 1.82) is 0 Å². The van der Waals surface area contributed by atoms with E-state index in [2.05, 4.69) is 21.0 Å². The standard InChI is InChI=1S/C20H18BrF3N2O3/c1-12-6-7-16(8-13(12)2)29-11-18(27)26-19(28,20(22,23)24)10-17(25-26)14-4-3-5-15(21)9-14/h3-9,28H,10-11H2,1-2H3/t19-/m1/s1. The topological polar surface area (TPSA) is 62.1 Å². The molecular weight excluding hydrogens is 453 g/mol. The molecule has 0 radical (unpaired) electrons. The summed E-state index contributed by atoms with van der Waals surface area (Å²) in [6.45, 7) is 3.05. The largest absolute Gasteiger partial charge is 0.484 e. The molecule has 2 aromatic rings. The summed E-state index contributed by atoms with van der Waals surface area (Å²) in [5.74, 6) is -0.763. The van der Waals surface area contributed by atoms with Crippen LogP contribution in [0.15, 0.2) is 52.0 Å². The van der Waals surface area contributed by atoms with Crippen LogP contribution < -0.4 is 4.74 Å². The molecular formula is C20H18BrF3N2O3. The number of aryl methyl sites for hydroxylation is 2. The number of carbonyl (C=O) groups excluding carboxylic acids is 1. The van der Waals surface area contributed by atoms with Gasteiger partial charge in [0.15, 0.2) is 6.61 Å². The quantitative estimate of drug-likeness (QED) is 0.723. The fourth-order valence-corrected chi connectivity index (χ4v) is 3.27. The maximum absolute atomic E-state index is 13.6. The number of halogens is 4. The Balaban J connectivity index is 1.85. The summed E-state index contributed by atoms with van der Waals surface area (Å²) in [6, 6.07) is 11.5. The van der Waals surface area contributed by atoms with Crippen LogP contribution in [-0.4, -0.2) is 40.2 Å². The number of hydrogen-bond donors (Lipinski definition) is 1. The summed E-state index contributed by atoms with van der Waals surface area (Å²) in [7, 11) is 0. The lowest BCUT2D eigenvalue weighted by molar-refractivity contribution is -0.302. The summed E-state index contributed by atoms with van der Waals surface area (Å²) in [5, 5.41) is 14.2. The second-order valence-corrected chi connectivity index (χ2v) is 7.70. The molecule has 0 aliphatic carbocycles. The lowest BCUT2D eigenvalue weighted by Crippen LogP contribution is -2.57. The number of nitrogens with zero attached hydrogens (tertiary/aromatic N) is 2. The van der Waals surface area contributed by atoms with Crippen LogP contribution in [0, 0.1) is 13.8 Å². The first-order valence-electron chi connectivity index (χ1n) is 8.67. The van der Waals surface area contributed by atoms with Crippen LogP contribution >= 0.6 is 15.9 Å². The first-order valence-corrected chi connectivity index (χ1v) is 9.46. The van der Waals surface area contributed by atoms with E-state index < -0.39 is 30.8 Å². The summed E-state index contributed by atoms with van der Waals surface area (Å²) < 4.78 is 46.8. The molecule has 1 heterocycles. The van der Waals surface area contributed by atoms with Gasteiger partial charge in [0.05, 0.1) is 12.1 Å². The van der Waals surface area contributed by atoms with E-state index in [0.29, 0.717) is 15.8 Å². The molecule has 3 rings (SSSR count). The van der Waals surface area contributed by atoms with Gasteiger partial charge < -0.3 is 9.84 Å². The molecule has 154 valence electrons. The monoisotopic (exact) mass is 470 g/mol. The number of amides is 1. The molecule has 0 fully saturated rings. The highest BCUT2D eigenvalue weighted by atomic mass is 79.9. The fraction of sp³-hybridized carbons (Fsp3) is 0.300. The van der Waals surface area contributed by atoms with Crippen molar-refractivity contribution in [3.63, 3.8) is 0 Å². The Kier molecular flexibility index (Phi) is 5.73. The minimum Gasteiger partial charge on any atom is -0.484 e. The van der Waals surface area contributed by atoms with Crippen LogP contribution in [-0.2, 0) is 4.79 Å². The Morgan fingerprint density at radius 3 is 2.59 bits per heavy atom. The van der Waals surface area contributed by atoms with Gasteiger partial charge in [0.2, 0.25) is 0 Å². The number of benzene rings is 2. The van der Waals surface area contributed by atoms with Crippen molar-refractivity contribution in [3.8, 4) is 5.75 Å². The van der Waals surface area contributed by atoms with E-state index in [9.17, 15) is 23.1 Å². The molecule has 29 heavy (non-hydrogen) atoms. The highest BCUT2D eigenvalue weighted by molar-refractivity contribution is 9.10. The molecule has 1 N–H and O–H groups in total. The minimum absolute atomic E-state index is 0.0503. The molecule has 1 atom stereocenters. The zero-order valence-electron chi connectivity index (χ0n) is 15.6. The summed E-state index contributed by atoms with van der Waals surface area (Å²) in [6.07, 6.45) is -5.97. The third-order valence-corrected chi connectivity index (χ3v) is 5.17. The van der Waals surface area contributed by atoms with Gasteiger partial charge in [-0.15, -0.1) is 0 Å². The van der Waals surface area contributed by atoms with Crippen LogP contribution in [0.5, 0.6) is 5.75 Å². The summed E-state index contributed by atoms with van der Waals surface area (Å²) in [5.41, 5.74) is -1.19. The maximum Gasteiger partial charge on any atom is 0.438 e. The van der Waals surface area contributed by atoms with E-state index in [1.54, 1.807) is 42.5 Å². The van der Waals surface area contributed by atoms with Crippen LogP contribution in [0.4, 0.5) is 13.2 Å². The smallest absolute Gasteiger partial charge is 0.438 e. The lowest BCUT2D eigenvalue weighted by atomic mass is 10.0. The van der Waals surface area contributed by atoms with Gasteiger partial charge in [0.1, 0.15) is 5.75 Å². The average Bonchev–Trinajstić information content (AvgIpc) is 3.01. The van der Waals surface area contributed by atoms with Crippen molar-refractivity contribution in [2.24, 2.45) is 5.10 Å². The Hall–Kier alpha value is -2.39. The lowest BCUT2D eigenvalue weighted by Gasteiger charge is -2.32. The number of carbonyl (C=O) groups is 1. The second kappa shape index (κ2) is 7.79. The van der Waals surface area contributed by atoms with Crippen LogP contribution in [0.25, 0.3) is 0 Å². The van der Waals surface area contributed by atoms with Crippen molar-refractivity contribution in [2.45, 2.75) is 32.2 Å². The van der Waals surface area contributed by atoms with Gasteiger partial charge >= 0.3 is 6.18 Å². The average molecular weight is 471 g/mol. The zero-order chi connectivity index (χ0) is 21.4. The predicted octanol–water partition coefficient (Wildman–Crippen LogP) is 4.33. The Bertz CT molecular complexity index is 978. The fourth-order valence-electron chi connectivity index (χ4n) is 2.87. The van der Waals surface area contributed by atoms with Crippen molar-refractivity contribution in [3.05, 3.63) is 63.6 Å². The van der Waals surface area contributed by atoms with Crippen molar-refractivity contribution >= 4 is 27.5 Å². The van der Waals surface area contributed by atoms with Gasteiger partial charge in [-0.3, -0.25) is 4.79 Å². The van der Waals surface area contributed by atoms with Gasteiger partial charge in [-0.05, 0) is 54.8 Å². The van der Waals surface area contributed by atoms with Gasteiger partial charge in [-0.25, -0.2) is 0 Å². The molecule has 0 bridgehead atoms. The van der Waals surface area contributed by atoms with Crippen LogP contribution in [0.3, 0.4) is 0 Å². The molecule has 1 aliphatic rings. The van der Waals surface area contributed by atoms with E-state index in [0.717, 1.165) is 11.1 Å². The number of rotatable bonds is 4. The van der Waals surface area contributed by atoms with E-state index in [-0.39, 0.29) is 10.7 Å². The highest BCUT2D eigenvalue weighted by Gasteiger charge is 2.63. The number of hydrogen-bond acceptors (Lipinski definition) is 4. The summed E-state index contributed by atoms with van der Waals surface area (Å²) in [4.78, 5) is 12.5. The van der Waals surface area contributed by atoms with Gasteiger partial charge in [0.25, 0.3) is 11.6 Å². The summed E-state index contributed by atoms with van der Waals surface area (Å²) >= 11 is 3.24. The van der Waals surface area contributed by atoms with Crippen molar-refractivity contribution in [2.75, 3.05) is 6.61 Å². The van der Waals surface area contributed by atoms with E-state index in [1.165, 1.54) is 0 Å². The first kappa shape index (κ1) is 21.3. The molecule has 0 spiro atoms. The van der Waals surface area contributed by atoms with Gasteiger partial charge in [0, 0.05) is 4.47 Å². The van der Waals surface area contributed by atoms with Gasteiger partial charge in [-0.1, -0.05) is 34.1 Å². The highest BCUT2D eigenvalue weighted by Crippen LogP contribution is 2.41. The Morgan fingerprint density at radius 1 is 1.24 bits per heavy atom. The SMILES string of the molecule is Cc1ccc(OCC(=O)N2N=C(c3cccc(Br)c3)C[C@@]2(O)C(F)(F)F)cc1C. The Labute approximate surface area is 173 Å². The third-order valence-electron chi connectivity index (χ3n) is 4.67. The van der Waals surface area contributed by atoms with Crippen LogP contribution in [0.2, 0.25) is 0 Å². The molecule has 0 saturated carbocycles. The predicted molar refractivity (Wildman–Crippen MR) is 105 cm³/mol. The van der Waals surface area contributed by atoms with E-state index in [4.69, 9.17) is 4.74 Å². The van der Waals surface area contributed by atoms with E-state index >= 15 is 0 Å². The number of alkyl halides is 3. The number of hydrazone groups is 1. The van der Waals surface area contributed by atoms with Crippen molar-refractivity contribution < 1.29 is 27.8 Å². The minimum atomic E-state index is -5.10. The molecule has 9 heteroatoms. The van der Waals surface area contributed by atoms with Crippen LogP contribution in [0.1, 0.15) is 23.1 Å². The van der Waals surface area contributed by atoms with E-state index in [1.807, 2.05) is 13.8 Å². The second-order valence-electron chi connectivity index (χ2n) is 6.79.